The fraction of sp³-hybridized carbons (Fsp3) is 0.278. The van der Waals surface area contributed by atoms with Crippen molar-refractivity contribution in [1.82, 2.24) is 4.72 Å². The third-order valence-corrected chi connectivity index (χ3v) is 5.91. The van der Waals surface area contributed by atoms with Gasteiger partial charge < -0.3 is 4.90 Å². The number of carbonyl (C=O) groups excluding carboxylic acids is 1. The lowest BCUT2D eigenvalue weighted by Crippen LogP contribution is -2.35. The smallest absolute Gasteiger partial charge is 0.258 e. The Morgan fingerprint density at radius 1 is 1.24 bits per heavy atom. The second-order valence-electron chi connectivity index (χ2n) is 5.86. The summed E-state index contributed by atoms with van der Waals surface area (Å²) in [7, 11) is -3.51. The standard InChI is InChI=1S/C18H19ClN2O3S/c1-2-20-25(23,24)16-8-9-17-13(12-16)6-4-10-21(17)18(22)14-5-3-7-15(19)11-14/h3,5,7-9,11-12,20H,2,4,6,10H2,1H3. The van der Waals surface area contributed by atoms with Crippen molar-refractivity contribution in [1.29, 1.82) is 0 Å². The number of amides is 1. The predicted molar refractivity (Wildman–Crippen MR) is 98.8 cm³/mol. The van der Waals surface area contributed by atoms with E-state index in [0.29, 0.717) is 23.7 Å². The minimum Gasteiger partial charge on any atom is -0.308 e. The average molecular weight is 379 g/mol. The molecule has 5 nitrogen and oxygen atoms in total. The normalized spacial score (nSPS) is 14.2. The van der Waals surface area contributed by atoms with Gasteiger partial charge in [-0.25, -0.2) is 13.1 Å². The molecular formula is C18H19ClN2O3S. The molecule has 2 aromatic rings. The summed E-state index contributed by atoms with van der Waals surface area (Å²) in [6.07, 6.45) is 1.52. The van der Waals surface area contributed by atoms with Gasteiger partial charge in [-0.3, -0.25) is 4.79 Å². The highest BCUT2D eigenvalue weighted by Crippen LogP contribution is 2.30. The van der Waals surface area contributed by atoms with E-state index in [2.05, 4.69) is 4.72 Å². The molecule has 3 rings (SSSR count). The van der Waals surface area contributed by atoms with Crippen LogP contribution >= 0.6 is 11.6 Å². The van der Waals surface area contributed by atoms with Crippen LogP contribution in [-0.4, -0.2) is 27.4 Å². The van der Waals surface area contributed by atoms with Gasteiger partial charge in [0.25, 0.3) is 5.91 Å². The Hall–Kier alpha value is -1.89. The van der Waals surface area contributed by atoms with Crippen LogP contribution in [0.1, 0.15) is 29.3 Å². The number of aryl methyl sites for hydroxylation is 1. The van der Waals surface area contributed by atoms with Crippen LogP contribution in [0.25, 0.3) is 0 Å². The number of halogens is 1. The van der Waals surface area contributed by atoms with Crippen molar-refractivity contribution < 1.29 is 13.2 Å². The van der Waals surface area contributed by atoms with Gasteiger partial charge >= 0.3 is 0 Å². The molecule has 0 atom stereocenters. The highest BCUT2D eigenvalue weighted by molar-refractivity contribution is 7.89. The second kappa shape index (κ2) is 7.15. The summed E-state index contributed by atoms with van der Waals surface area (Å²) in [5.74, 6) is -0.134. The number of hydrogen-bond donors (Lipinski definition) is 1. The van der Waals surface area contributed by atoms with Crippen LogP contribution < -0.4 is 9.62 Å². The molecular weight excluding hydrogens is 360 g/mol. The van der Waals surface area contributed by atoms with Crippen LogP contribution in [-0.2, 0) is 16.4 Å². The van der Waals surface area contributed by atoms with Crippen molar-refractivity contribution in [2.24, 2.45) is 0 Å². The van der Waals surface area contributed by atoms with Gasteiger partial charge in [-0.15, -0.1) is 0 Å². The summed E-state index contributed by atoms with van der Waals surface area (Å²) in [6.45, 7) is 2.66. The molecule has 0 aromatic heterocycles. The van der Waals surface area contributed by atoms with Crippen LogP contribution in [0.4, 0.5) is 5.69 Å². The highest BCUT2D eigenvalue weighted by Gasteiger charge is 2.25. The number of sulfonamides is 1. The Morgan fingerprint density at radius 3 is 2.76 bits per heavy atom. The van der Waals surface area contributed by atoms with E-state index >= 15 is 0 Å². The minimum absolute atomic E-state index is 0.134. The van der Waals surface area contributed by atoms with E-state index in [0.717, 1.165) is 24.1 Å². The van der Waals surface area contributed by atoms with E-state index < -0.39 is 10.0 Å². The zero-order valence-corrected chi connectivity index (χ0v) is 15.4. The Bertz CT molecular complexity index is 912. The van der Waals surface area contributed by atoms with Crippen molar-refractivity contribution in [3.8, 4) is 0 Å². The molecule has 0 spiro atoms. The predicted octanol–water partition coefficient (Wildman–Crippen LogP) is 3.23. The van der Waals surface area contributed by atoms with E-state index in [1.54, 1.807) is 54.3 Å². The van der Waals surface area contributed by atoms with Crippen molar-refractivity contribution in [2.45, 2.75) is 24.7 Å². The summed E-state index contributed by atoms with van der Waals surface area (Å²) >= 11 is 5.98. The molecule has 25 heavy (non-hydrogen) atoms. The summed E-state index contributed by atoms with van der Waals surface area (Å²) in [5.41, 5.74) is 2.14. The molecule has 132 valence electrons. The molecule has 7 heteroatoms. The maximum absolute atomic E-state index is 12.8. The van der Waals surface area contributed by atoms with Crippen molar-refractivity contribution in [3.05, 3.63) is 58.6 Å². The summed E-state index contributed by atoms with van der Waals surface area (Å²) in [6, 6.07) is 11.7. The first-order chi connectivity index (χ1) is 11.9. The number of carbonyl (C=O) groups is 1. The maximum Gasteiger partial charge on any atom is 0.258 e. The first kappa shape index (κ1) is 17.9. The van der Waals surface area contributed by atoms with E-state index in [4.69, 9.17) is 11.6 Å². The second-order valence-corrected chi connectivity index (χ2v) is 8.07. The number of nitrogens with one attached hydrogen (secondary N) is 1. The fourth-order valence-electron chi connectivity index (χ4n) is 3.00. The number of rotatable bonds is 4. The number of hydrogen-bond acceptors (Lipinski definition) is 3. The third-order valence-electron chi connectivity index (χ3n) is 4.13. The Balaban J connectivity index is 1.96. The molecule has 1 aliphatic rings. The largest absolute Gasteiger partial charge is 0.308 e. The molecule has 1 N–H and O–H groups in total. The molecule has 0 saturated heterocycles. The lowest BCUT2D eigenvalue weighted by atomic mass is 10.0. The van der Waals surface area contributed by atoms with Gasteiger partial charge in [-0.2, -0.15) is 0 Å². The van der Waals surface area contributed by atoms with Crippen molar-refractivity contribution >= 4 is 33.2 Å². The summed E-state index contributed by atoms with van der Waals surface area (Å²) in [4.78, 5) is 14.8. The van der Waals surface area contributed by atoms with E-state index in [9.17, 15) is 13.2 Å². The van der Waals surface area contributed by atoms with E-state index in [-0.39, 0.29) is 10.8 Å². The van der Waals surface area contributed by atoms with Gasteiger partial charge in [0.15, 0.2) is 0 Å². The van der Waals surface area contributed by atoms with Crippen LogP contribution in [0, 0.1) is 0 Å². The number of nitrogens with zero attached hydrogens (tertiary/aromatic N) is 1. The molecule has 0 fully saturated rings. The molecule has 0 aliphatic carbocycles. The quantitative estimate of drug-likeness (QED) is 0.888. The van der Waals surface area contributed by atoms with E-state index in [1.165, 1.54) is 0 Å². The van der Waals surface area contributed by atoms with Crippen LogP contribution in [0.15, 0.2) is 47.4 Å². The number of anilines is 1. The van der Waals surface area contributed by atoms with Gasteiger partial charge in [0.2, 0.25) is 10.0 Å². The molecule has 0 unspecified atom stereocenters. The summed E-state index contributed by atoms with van der Waals surface area (Å²) in [5, 5.41) is 0.509. The topological polar surface area (TPSA) is 66.5 Å². The van der Waals surface area contributed by atoms with Gasteiger partial charge in [0, 0.05) is 29.4 Å². The molecule has 0 radical (unpaired) electrons. The van der Waals surface area contributed by atoms with Gasteiger partial charge in [-0.1, -0.05) is 24.6 Å². The summed E-state index contributed by atoms with van der Waals surface area (Å²) < 4.78 is 26.9. The van der Waals surface area contributed by atoms with Crippen LogP contribution in [0.5, 0.6) is 0 Å². The molecule has 2 aromatic carbocycles. The van der Waals surface area contributed by atoms with E-state index in [1.807, 2.05) is 0 Å². The lowest BCUT2D eigenvalue weighted by Gasteiger charge is -2.30. The number of fused-ring (bicyclic) bond motifs is 1. The van der Waals surface area contributed by atoms with Crippen LogP contribution in [0.2, 0.25) is 5.02 Å². The molecule has 1 aliphatic heterocycles. The van der Waals surface area contributed by atoms with Gasteiger partial charge in [0.1, 0.15) is 0 Å². The maximum atomic E-state index is 12.8. The minimum atomic E-state index is -3.51. The Kier molecular flexibility index (Phi) is 5.13. The SMILES string of the molecule is CCNS(=O)(=O)c1ccc2c(c1)CCCN2C(=O)c1cccc(Cl)c1. The molecule has 0 saturated carbocycles. The highest BCUT2D eigenvalue weighted by atomic mass is 35.5. The van der Waals surface area contributed by atoms with Crippen molar-refractivity contribution in [3.63, 3.8) is 0 Å². The first-order valence-corrected chi connectivity index (χ1v) is 9.98. The molecule has 1 heterocycles. The fourth-order valence-corrected chi connectivity index (χ4v) is 4.28. The van der Waals surface area contributed by atoms with Crippen molar-refractivity contribution in [2.75, 3.05) is 18.0 Å². The van der Waals surface area contributed by atoms with Gasteiger partial charge in [0.05, 0.1) is 4.90 Å². The number of benzene rings is 2. The zero-order chi connectivity index (χ0) is 18.0. The molecule has 0 bridgehead atoms. The molecule has 1 amide bonds. The Labute approximate surface area is 152 Å². The first-order valence-electron chi connectivity index (χ1n) is 8.12. The average Bonchev–Trinajstić information content (AvgIpc) is 2.60. The lowest BCUT2D eigenvalue weighted by molar-refractivity contribution is 0.0985. The monoisotopic (exact) mass is 378 g/mol. The van der Waals surface area contributed by atoms with Crippen LogP contribution in [0.3, 0.4) is 0 Å². The Morgan fingerprint density at radius 2 is 2.04 bits per heavy atom. The van der Waals surface area contributed by atoms with Gasteiger partial charge in [-0.05, 0) is 54.8 Å². The third kappa shape index (κ3) is 3.71. The zero-order valence-electron chi connectivity index (χ0n) is 13.8.